The molecule has 0 aliphatic carbocycles. The molecule has 0 aliphatic rings. The molecular formula is C21H17NO6S. The highest BCUT2D eigenvalue weighted by Crippen LogP contribution is 2.30. The van der Waals surface area contributed by atoms with E-state index in [9.17, 15) is 28.5 Å². The van der Waals surface area contributed by atoms with Gasteiger partial charge in [0.05, 0.1) is 10.6 Å². The Bertz CT molecular complexity index is 1190. The van der Waals surface area contributed by atoms with E-state index in [1.165, 1.54) is 48.5 Å². The molecule has 4 N–H and O–H groups in total. The first-order valence-electron chi connectivity index (χ1n) is 8.42. The fraction of sp³-hybridized carbons (Fsp3) is 0. The quantitative estimate of drug-likeness (QED) is 0.281. The van der Waals surface area contributed by atoms with Crippen molar-refractivity contribution in [1.29, 1.82) is 0 Å². The van der Waals surface area contributed by atoms with Crippen LogP contribution in [-0.2, 0) is 10.0 Å². The number of carbonyl (C=O) groups excluding carboxylic acids is 1. The molecule has 0 saturated heterocycles. The lowest BCUT2D eigenvalue weighted by Crippen LogP contribution is -2.27. The van der Waals surface area contributed by atoms with Gasteiger partial charge in [0.25, 0.3) is 10.0 Å². The summed E-state index contributed by atoms with van der Waals surface area (Å²) in [4.78, 5) is 12.7. The maximum absolute atomic E-state index is 12.9. The Kier molecular flexibility index (Phi) is 5.56. The highest BCUT2D eigenvalue weighted by Gasteiger charge is 2.22. The van der Waals surface area contributed by atoms with E-state index >= 15 is 0 Å². The summed E-state index contributed by atoms with van der Waals surface area (Å²) in [6.07, 6.45) is 1.13. The summed E-state index contributed by atoms with van der Waals surface area (Å²) in [5, 5.41) is 29.3. The number of benzene rings is 3. The Morgan fingerprint density at radius 2 is 1.55 bits per heavy atom. The molecule has 0 bridgehead atoms. The Morgan fingerprint density at radius 3 is 2.24 bits per heavy atom. The summed E-state index contributed by atoms with van der Waals surface area (Å²) < 4.78 is 27.7. The van der Waals surface area contributed by atoms with Crippen molar-refractivity contribution in [2.45, 2.75) is 4.90 Å². The number of sulfonamides is 1. The molecule has 3 aromatic carbocycles. The molecule has 0 atom stereocenters. The molecule has 0 heterocycles. The summed E-state index contributed by atoms with van der Waals surface area (Å²) in [5.74, 6) is -1.81. The Balaban J connectivity index is 2.09. The van der Waals surface area contributed by atoms with E-state index in [0.29, 0.717) is 0 Å². The minimum Gasteiger partial charge on any atom is -0.508 e. The van der Waals surface area contributed by atoms with Crippen molar-refractivity contribution in [3.63, 3.8) is 0 Å². The zero-order valence-corrected chi connectivity index (χ0v) is 15.8. The van der Waals surface area contributed by atoms with Crippen LogP contribution in [0.5, 0.6) is 17.2 Å². The van der Waals surface area contributed by atoms with Crippen LogP contribution in [0.2, 0.25) is 0 Å². The first kappa shape index (κ1) is 20.0. The molecule has 7 nitrogen and oxygen atoms in total. The molecule has 0 aromatic heterocycles. The van der Waals surface area contributed by atoms with Crippen molar-refractivity contribution in [2.75, 3.05) is 0 Å². The molecule has 3 rings (SSSR count). The Labute approximate surface area is 167 Å². The number of Topliss-reactive ketones (excluding diaryl/α,β-unsaturated/α-hetero) is 1. The second kappa shape index (κ2) is 8.07. The lowest BCUT2D eigenvalue weighted by atomic mass is 10.1. The number of para-hydroxylation sites is 1. The van der Waals surface area contributed by atoms with E-state index in [4.69, 9.17) is 0 Å². The number of rotatable bonds is 6. The van der Waals surface area contributed by atoms with E-state index < -0.39 is 27.3 Å². The molecule has 29 heavy (non-hydrogen) atoms. The standard InChI is InChI=1S/C21H17NO6S/c23-16-9-5-10-17(13-16)29(27,28)22-18(20(25)14-6-2-1-3-7-14)12-15-8-4-11-19(24)21(15)26/h1-13,22-24,26H. The second-order valence-corrected chi connectivity index (χ2v) is 7.75. The van der Waals surface area contributed by atoms with Gasteiger partial charge in [0.15, 0.2) is 11.5 Å². The molecule has 0 saturated carbocycles. The second-order valence-electron chi connectivity index (χ2n) is 6.07. The number of ketones is 1. The van der Waals surface area contributed by atoms with Gasteiger partial charge in [-0.3, -0.25) is 9.52 Å². The molecule has 0 amide bonds. The summed E-state index contributed by atoms with van der Waals surface area (Å²) in [5.41, 5.74) is -0.0830. The van der Waals surface area contributed by atoms with Crippen molar-refractivity contribution in [3.8, 4) is 17.2 Å². The van der Waals surface area contributed by atoms with Crippen LogP contribution in [0, 0.1) is 0 Å². The van der Waals surface area contributed by atoms with E-state index in [0.717, 1.165) is 12.1 Å². The maximum atomic E-state index is 12.9. The van der Waals surface area contributed by atoms with Gasteiger partial charge in [-0.1, -0.05) is 48.5 Å². The number of hydrogen-bond donors (Lipinski definition) is 4. The third-order valence-electron chi connectivity index (χ3n) is 4.00. The number of allylic oxidation sites excluding steroid dienone is 1. The van der Waals surface area contributed by atoms with Crippen molar-refractivity contribution >= 4 is 21.9 Å². The number of phenolic OH excluding ortho intramolecular Hbond substituents is 3. The molecule has 3 aromatic rings. The van der Waals surface area contributed by atoms with Gasteiger partial charge in [-0.2, -0.15) is 0 Å². The molecule has 148 valence electrons. The SMILES string of the molecule is O=C(C(=Cc1cccc(O)c1O)NS(=O)(=O)c1cccc(O)c1)c1ccccc1. The minimum atomic E-state index is -4.22. The molecule has 0 radical (unpaired) electrons. The average molecular weight is 411 g/mol. The van der Waals surface area contributed by atoms with Crippen molar-refractivity contribution in [2.24, 2.45) is 0 Å². The lowest BCUT2D eigenvalue weighted by Gasteiger charge is -2.12. The number of nitrogens with one attached hydrogen (secondary N) is 1. The van der Waals surface area contributed by atoms with Gasteiger partial charge in [-0.15, -0.1) is 0 Å². The van der Waals surface area contributed by atoms with Crippen molar-refractivity contribution < 1.29 is 28.5 Å². The van der Waals surface area contributed by atoms with Crippen LogP contribution >= 0.6 is 0 Å². The zero-order valence-electron chi connectivity index (χ0n) is 15.0. The van der Waals surface area contributed by atoms with Crippen LogP contribution in [0.15, 0.2) is 83.4 Å². The van der Waals surface area contributed by atoms with Crippen LogP contribution in [0.25, 0.3) is 6.08 Å². The van der Waals surface area contributed by atoms with Gasteiger partial charge in [0.2, 0.25) is 5.78 Å². The van der Waals surface area contributed by atoms with Crippen molar-refractivity contribution in [3.05, 3.63) is 89.6 Å². The summed E-state index contributed by atoms with van der Waals surface area (Å²) in [6.45, 7) is 0. The molecule has 0 aliphatic heterocycles. The normalized spacial score (nSPS) is 11.8. The first-order chi connectivity index (χ1) is 13.8. The number of carbonyl (C=O) groups is 1. The van der Waals surface area contributed by atoms with Crippen molar-refractivity contribution in [1.82, 2.24) is 4.72 Å². The smallest absolute Gasteiger partial charge is 0.262 e. The summed E-state index contributed by atoms with van der Waals surface area (Å²) in [7, 11) is -4.22. The Morgan fingerprint density at radius 1 is 0.862 bits per heavy atom. The average Bonchev–Trinajstić information content (AvgIpc) is 2.71. The van der Waals surface area contributed by atoms with Crippen LogP contribution in [-0.4, -0.2) is 29.5 Å². The Hall–Kier alpha value is -3.78. The number of phenols is 3. The van der Waals surface area contributed by atoms with Gasteiger partial charge in [0, 0.05) is 17.2 Å². The van der Waals surface area contributed by atoms with Gasteiger partial charge in [-0.25, -0.2) is 8.42 Å². The molecule has 0 spiro atoms. The van der Waals surface area contributed by atoms with E-state index in [1.807, 2.05) is 0 Å². The van der Waals surface area contributed by atoms with Crippen LogP contribution in [0.3, 0.4) is 0 Å². The van der Waals surface area contributed by atoms with Gasteiger partial charge in [0.1, 0.15) is 5.75 Å². The highest BCUT2D eigenvalue weighted by atomic mass is 32.2. The largest absolute Gasteiger partial charge is 0.508 e. The minimum absolute atomic E-state index is 0.0443. The molecule has 8 heteroatoms. The third kappa shape index (κ3) is 4.56. The fourth-order valence-electron chi connectivity index (χ4n) is 2.56. The third-order valence-corrected chi connectivity index (χ3v) is 5.36. The van der Waals surface area contributed by atoms with Gasteiger partial charge in [-0.05, 0) is 24.3 Å². The predicted octanol–water partition coefficient (Wildman–Crippen LogP) is 3.01. The molecule has 0 unspecified atom stereocenters. The summed E-state index contributed by atoms with van der Waals surface area (Å²) >= 11 is 0. The highest BCUT2D eigenvalue weighted by molar-refractivity contribution is 7.89. The predicted molar refractivity (Wildman–Crippen MR) is 107 cm³/mol. The summed E-state index contributed by atoms with van der Waals surface area (Å²) in [6, 6.07) is 17.1. The van der Waals surface area contributed by atoms with Gasteiger partial charge >= 0.3 is 0 Å². The lowest BCUT2D eigenvalue weighted by molar-refractivity contribution is 0.103. The monoisotopic (exact) mass is 411 g/mol. The zero-order chi connectivity index (χ0) is 21.0. The van der Waals surface area contributed by atoms with E-state index in [-0.39, 0.29) is 27.5 Å². The number of hydrogen-bond acceptors (Lipinski definition) is 6. The fourth-order valence-corrected chi connectivity index (χ4v) is 3.65. The maximum Gasteiger partial charge on any atom is 0.262 e. The number of aromatic hydroxyl groups is 3. The van der Waals surface area contributed by atoms with Crippen LogP contribution in [0.4, 0.5) is 0 Å². The van der Waals surface area contributed by atoms with Crippen LogP contribution in [0.1, 0.15) is 15.9 Å². The molecular weight excluding hydrogens is 394 g/mol. The van der Waals surface area contributed by atoms with E-state index in [2.05, 4.69) is 4.72 Å². The van der Waals surface area contributed by atoms with Gasteiger partial charge < -0.3 is 15.3 Å². The van der Waals surface area contributed by atoms with Crippen LogP contribution < -0.4 is 4.72 Å². The first-order valence-corrected chi connectivity index (χ1v) is 9.90. The molecule has 0 fully saturated rings. The van der Waals surface area contributed by atoms with E-state index in [1.54, 1.807) is 18.2 Å². The topological polar surface area (TPSA) is 124 Å².